The summed E-state index contributed by atoms with van der Waals surface area (Å²) in [6.45, 7) is 1.80. The Morgan fingerprint density at radius 2 is 2.04 bits per heavy atom. The normalized spacial score (nSPS) is 24.5. The second-order valence-corrected chi connectivity index (χ2v) is 7.68. The van der Waals surface area contributed by atoms with Crippen molar-refractivity contribution >= 4 is 11.9 Å². The van der Waals surface area contributed by atoms with E-state index >= 15 is 0 Å². The van der Waals surface area contributed by atoms with Gasteiger partial charge in [0.25, 0.3) is 5.91 Å². The highest BCUT2D eigenvalue weighted by molar-refractivity contribution is 5.94. The van der Waals surface area contributed by atoms with Crippen molar-refractivity contribution in [3.05, 3.63) is 35.4 Å². The summed E-state index contributed by atoms with van der Waals surface area (Å²) in [6.07, 6.45) is 7.97. The van der Waals surface area contributed by atoms with Crippen molar-refractivity contribution in [3.8, 4) is 0 Å². The van der Waals surface area contributed by atoms with Crippen molar-refractivity contribution in [2.24, 2.45) is 22.7 Å². The van der Waals surface area contributed by atoms with Crippen molar-refractivity contribution in [1.29, 1.82) is 0 Å². The SMILES string of the molecule is CN=C(NCCc1cccc(C(=O)NC)c1)NCCC1CC2CCC1C2. The molecule has 3 unspecified atom stereocenters. The Morgan fingerprint density at radius 3 is 2.73 bits per heavy atom. The van der Waals surface area contributed by atoms with Crippen LogP contribution in [0.5, 0.6) is 0 Å². The van der Waals surface area contributed by atoms with E-state index < -0.39 is 0 Å². The van der Waals surface area contributed by atoms with Crippen LogP contribution in [0.25, 0.3) is 0 Å². The number of hydrogen-bond donors (Lipinski definition) is 3. The largest absolute Gasteiger partial charge is 0.356 e. The van der Waals surface area contributed by atoms with Gasteiger partial charge < -0.3 is 16.0 Å². The van der Waals surface area contributed by atoms with Gasteiger partial charge in [-0.05, 0) is 67.6 Å². The fourth-order valence-corrected chi connectivity index (χ4v) is 4.66. The molecule has 3 atom stereocenters. The van der Waals surface area contributed by atoms with Crippen molar-refractivity contribution in [2.45, 2.75) is 38.5 Å². The lowest BCUT2D eigenvalue weighted by atomic mass is 9.86. The first kappa shape index (κ1) is 18.7. The minimum absolute atomic E-state index is 0.0436. The van der Waals surface area contributed by atoms with Gasteiger partial charge in [-0.3, -0.25) is 9.79 Å². The Bertz CT molecular complexity index is 643. The van der Waals surface area contributed by atoms with Crippen molar-refractivity contribution in [2.75, 3.05) is 27.2 Å². The third kappa shape index (κ3) is 4.77. The van der Waals surface area contributed by atoms with Gasteiger partial charge in [0, 0.05) is 32.7 Å². The fourth-order valence-electron chi connectivity index (χ4n) is 4.66. The molecule has 2 saturated carbocycles. The van der Waals surface area contributed by atoms with E-state index in [1.54, 1.807) is 7.05 Å². The molecular formula is C21H32N4O. The van der Waals surface area contributed by atoms with Crippen LogP contribution in [0, 0.1) is 17.8 Å². The van der Waals surface area contributed by atoms with E-state index in [9.17, 15) is 4.79 Å². The Balaban J connectivity index is 1.37. The molecule has 2 aliphatic carbocycles. The van der Waals surface area contributed by atoms with E-state index in [1.807, 2.05) is 25.2 Å². The van der Waals surface area contributed by atoms with Crippen molar-refractivity contribution in [3.63, 3.8) is 0 Å². The number of carbonyl (C=O) groups is 1. The number of carbonyl (C=O) groups excluding carboxylic acids is 1. The zero-order valence-electron chi connectivity index (χ0n) is 16.1. The number of aliphatic imine (C=N–C) groups is 1. The maximum Gasteiger partial charge on any atom is 0.251 e. The molecule has 3 rings (SSSR count). The van der Waals surface area contributed by atoms with Gasteiger partial charge in [0.05, 0.1) is 0 Å². The molecule has 1 aromatic rings. The molecule has 3 N–H and O–H groups in total. The summed E-state index contributed by atoms with van der Waals surface area (Å²) in [6, 6.07) is 7.78. The summed E-state index contributed by atoms with van der Waals surface area (Å²) < 4.78 is 0. The summed E-state index contributed by atoms with van der Waals surface area (Å²) in [5.41, 5.74) is 1.86. The molecule has 0 aliphatic heterocycles. The second-order valence-electron chi connectivity index (χ2n) is 7.68. The molecule has 0 saturated heterocycles. The van der Waals surface area contributed by atoms with Gasteiger partial charge in [-0.1, -0.05) is 18.6 Å². The van der Waals surface area contributed by atoms with Crippen LogP contribution in [-0.2, 0) is 6.42 Å². The molecular weight excluding hydrogens is 324 g/mol. The van der Waals surface area contributed by atoms with Crippen LogP contribution < -0.4 is 16.0 Å². The molecule has 0 radical (unpaired) electrons. The zero-order valence-corrected chi connectivity index (χ0v) is 16.1. The predicted octanol–water partition coefficient (Wildman–Crippen LogP) is 2.58. The number of guanidine groups is 1. The number of amides is 1. The monoisotopic (exact) mass is 356 g/mol. The Hall–Kier alpha value is -2.04. The maximum atomic E-state index is 11.7. The van der Waals surface area contributed by atoms with Crippen molar-refractivity contribution in [1.82, 2.24) is 16.0 Å². The first-order valence-electron chi connectivity index (χ1n) is 9.95. The average Bonchev–Trinajstić information content (AvgIpc) is 3.29. The predicted molar refractivity (Wildman–Crippen MR) is 106 cm³/mol. The van der Waals surface area contributed by atoms with Crippen LogP contribution in [0.2, 0.25) is 0 Å². The van der Waals surface area contributed by atoms with Crippen LogP contribution in [0.1, 0.15) is 48.0 Å². The fraction of sp³-hybridized carbons (Fsp3) is 0.619. The smallest absolute Gasteiger partial charge is 0.251 e. The molecule has 2 fully saturated rings. The molecule has 0 heterocycles. The number of hydrogen-bond acceptors (Lipinski definition) is 2. The second kappa shape index (κ2) is 9.06. The van der Waals surface area contributed by atoms with Gasteiger partial charge in [-0.2, -0.15) is 0 Å². The third-order valence-corrected chi connectivity index (χ3v) is 6.04. The number of nitrogens with one attached hydrogen (secondary N) is 3. The van der Waals surface area contributed by atoms with Crippen LogP contribution >= 0.6 is 0 Å². The van der Waals surface area contributed by atoms with Crippen LogP contribution in [0.15, 0.2) is 29.3 Å². The van der Waals surface area contributed by atoms with E-state index in [4.69, 9.17) is 0 Å². The summed E-state index contributed by atoms with van der Waals surface area (Å²) in [7, 11) is 3.47. The molecule has 2 bridgehead atoms. The van der Waals surface area contributed by atoms with Crippen LogP contribution in [0.3, 0.4) is 0 Å². The third-order valence-electron chi connectivity index (χ3n) is 6.04. The van der Waals surface area contributed by atoms with Gasteiger partial charge in [0.15, 0.2) is 5.96 Å². The Morgan fingerprint density at radius 1 is 1.19 bits per heavy atom. The molecule has 0 aromatic heterocycles. The van der Waals surface area contributed by atoms with E-state index in [2.05, 4.69) is 27.0 Å². The molecule has 2 aliphatic rings. The standard InChI is InChI=1S/C21H32N4O/c1-22-20(26)19-5-3-4-15(12-19)8-10-24-21(23-2)25-11-9-18-14-16-6-7-17(18)13-16/h3-5,12,16-18H,6-11,13-14H2,1-2H3,(H,22,26)(H2,23,24,25). The lowest BCUT2D eigenvalue weighted by molar-refractivity contribution is 0.0963. The summed E-state index contributed by atoms with van der Waals surface area (Å²) in [4.78, 5) is 16.0. The summed E-state index contributed by atoms with van der Waals surface area (Å²) in [5, 5.41) is 9.50. The minimum atomic E-state index is -0.0436. The number of benzene rings is 1. The molecule has 5 nitrogen and oxygen atoms in total. The molecule has 142 valence electrons. The highest BCUT2D eigenvalue weighted by Crippen LogP contribution is 2.49. The van der Waals surface area contributed by atoms with E-state index in [1.165, 1.54) is 32.1 Å². The van der Waals surface area contributed by atoms with Crippen LogP contribution in [-0.4, -0.2) is 39.1 Å². The minimum Gasteiger partial charge on any atom is -0.356 e. The summed E-state index contributed by atoms with van der Waals surface area (Å²) in [5.74, 6) is 3.76. The average molecular weight is 357 g/mol. The van der Waals surface area contributed by atoms with Gasteiger partial charge in [0.2, 0.25) is 0 Å². The van der Waals surface area contributed by atoms with Crippen molar-refractivity contribution < 1.29 is 4.79 Å². The molecule has 5 heteroatoms. The highest BCUT2D eigenvalue weighted by atomic mass is 16.1. The summed E-state index contributed by atoms with van der Waals surface area (Å²) >= 11 is 0. The van der Waals surface area contributed by atoms with E-state index in [0.717, 1.165) is 48.8 Å². The van der Waals surface area contributed by atoms with Gasteiger partial charge in [-0.25, -0.2) is 0 Å². The molecule has 1 aromatic carbocycles. The highest BCUT2D eigenvalue weighted by Gasteiger charge is 2.38. The zero-order chi connectivity index (χ0) is 18.4. The molecule has 0 spiro atoms. The Labute approximate surface area is 157 Å². The first-order chi connectivity index (χ1) is 12.7. The van der Waals surface area contributed by atoms with Gasteiger partial charge >= 0.3 is 0 Å². The lowest BCUT2D eigenvalue weighted by Crippen LogP contribution is -2.39. The first-order valence-corrected chi connectivity index (χ1v) is 9.95. The van der Waals surface area contributed by atoms with Crippen LogP contribution in [0.4, 0.5) is 0 Å². The Kier molecular flexibility index (Phi) is 6.53. The van der Waals surface area contributed by atoms with Gasteiger partial charge in [0.1, 0.15) is 0 Å². The molecule has 1 amide bonds. The van der Waals surface area contributed by atoms with E-state index in [0.29, 0.717) is 5.56 Å². The quantitative estimate of drug-likeness (QED) is 0.520. The number of fused-ring (bicyclic) bond motifs is 2. The van der Waals surface area contributed by atoms with Gasteiger partial charge in [-0.15, -0.1) is 0 Å². The topological polar surface area (TPSA) is 65.5 Å². The lowest BCUT2D eigenvalue weighted by Gasteiger charge is -2.22. The maximum absolute atomic E-state index is 11.7. The molecule has 26 heavy (non-hydrogen) atoms. The van der Waals surface area contributed by atoms with E-state index in [-0.39, 0.29) is 5.91 Å². The number of nitrogens with zero attached hydrogens (tertiary/aromatic N) is 1. The number of rotatable bonds is 7.